The fourth-order valence-electron chi connectivity index (χ4n) is 2.66. The minimum atomic E-state index is -0.131. The zero-order valence-electron chi connectivity index (χ0n) is 12.8. The number of nitrogens with zero attached hydrogens (tertiary/aromatic N) is 1. The lowest BCUT2D eigenvalue weighted by atomic mass is 10.0. The summed E-state index contributed by atoms with van der Waals surface area (Å²) in [5.74, 6) is -0.131. The molecule has 3 rings (SSSR count). The summed E-state index contributed by atoms with van der Waals surface area (Å²) in [6.07, 6.45) is 3.49. The number of H-pyrrole nitrogens is 1. The van der Waals surface area contributed by atoms with E-state index in [0.29, 0.717) is 5.69 Å². The normalized spacial score (nSPS) is 10.8. The Morgan fingerprint density at radius 1 is 1.14 bits per heavy atom. The Morgan fingerprint density at radius 2 is 1.86 bits per heavy atom. The molecule has 0 fully saturated rings. The summed E-state index contributed by atoms with van der Waals surface area (Å²) in [5, 5.41) is 3.06. The third-order valence-corrected chi connectivity index (χ3v) is 3.87. The molecule has 0 radical (unpaired) electrons. The first-order valence-electron chi connectivity index (χ1n) is 7.58. The second kappa shape index (κ2) is 6.02. The summed E-state index contributed by atoms with van der Waals surface area (Å²) in [5.41, 5.74) is 5.44. The van der Waals surface area contributed by atoms with E-state index in [0.717, 1.165) is 40.7 Å². The molecule has 0 aliphatic rings. The smallest absolute Gasteiger partial charge is 0.272 e. The van der Waals surface area contributed by atoms with Gasteiger partial charge >= 0.3 is 0 Å². The number of rotatable bonds is 4. The lowest BCUT2D eigenvalue weighted by Gasteiger charge is -2.13. The number of para-hydroxylation sites is 1. The van der Waals surface area contributed by atoms with Gasteiger partial charge in [0.15, 0.2) is 0 Å². The number of aromatic nitrogens is 2. The van der Waals surface area contributed by atoms with Gasteiger partial charge in [-0.2, -0.15) is 0 Å². The van der Waals surface area contributed by atoms with E-state index in [2.05, 4.69) is 41.3 Å². The van der Waals surface area contributed by atoms with E-state index < -0.39 is 0 Å². The molecule has 112 valence electrons. The van der Waals surface area contributed by atoms with Crippen molar-refractivity contribution in [2.75, 3.05) is 5.32 Å². The van der Waals surface area contributed by atoms with Crippen molar-refractivity contribution >= 4 is 22.6 Å². The first kappa shape index (κ1) is 14.3. The van der Waals surface area contributed by atoms with Gasteiger partial charge in [-0.05, 0) is 42.2 Å². The van der Waals surface area contributed by atoms with Crippen LogP contribution in [0.5, 0.6) is 0 Å². The van der Waals surface area contributed by atoms with Crippen LogP contribution in [0.4, 0.5) is 5.69 Å². The minimum absolute atomic E-state index is 0.131. The molecule has 3 aromatic rings. The van der Waals surface area contributed by atoms with Crippen LogP contribution < -0.4 is 5.32 Å². The molecule has 4 nitrogen and oxygen atoms in total. The monoisotopic (exact) mass is 293 g/mol. The van der Waals surface area contributed by atoms with Gasteiger partial charge in [0.05, 0.1) is 11.0 Å². The summed E-state index contributed by atoms with van der Waals surface area (Å²) in [6, 6.07) is 11.7. The number of aryl methyl sites for hydroxylation is 2. The van der Waals surface area contributed by atoms with Crippen molar-refractivity contribution in [3.05, 3.63) is 59.4 Å². The Kier molecular flexibility index (Phi) is 3.92. The number of hydrogen-bond donors (Lipinski definition) is 2. The predicted octanol–water partition coefficient (Wildman–Crippen LogP) is 3.94. The number of carbonyl (C=O) groups excluding carboxylic acids is 1. The topological polar surface area (TPSA) is 57.8 Å². The highest BCUT2D eigenvalue weighted by Crippen LogP contribution is 2.23. The van der Waals surface area contributed by atoms with Crippen molar-refractivity contribution in [2.45, 2.75) is 26.7 Å². The Hall–Kier alpha value is -2.62. The van der Waals surface area contributed by atoms with Crippen molar-refractivity contribution in [1.29, 1.82) is 0 Å². The molecule has 0 spiro atoms. The molecular formula is C18H19N3O. The standard InChI is InChI=1S/C18H19N3O/c1-3-12-7-5-8-13(4-2)17(12)21-18(22)16-11-15-14(20-16)9-6-10-19-15/h5-11,20H,3-4H2,1-2H3,(H,21,22). The van der Waals surface area contributed by atoms with Crippen LogP contribution in [0.2, 0.25) is 0 Å². The van der Waals surface area contributed by atoms with Gasteiger partial charge in [-0.15, -0.1) is 0 Å². The molecule has 0 aliphatic carbocycles. The molecule has 2 aromatic heterocycles. The third kappa shape index (κ3) is 2.60. The summed E-state index contributed by atoms with van der Waals surface area (Å²) in [7, 11) is 0. The van der Waals surface area contributed by atoms with E-state index in [9.17, 15) is 4.79 Å². The van der Waals surface area contributed by atoms with E-state index in [1.807, 2.05) is 18.2 Å². The summed E-state index contributed by atoms with van der Waals surface area (Å²) in [6.45, 7) is 4.19. The van der Waals surface area contributed by atoms with Crippen LogP contribution in [0.3, 0.4) is 0 Å². The van der Waals surface area contributed by atoms with Crippen LogP contribution in [-0.2, 0) is 12.8 Å². The van der Waals surface area contributed by atoms with Gasteiger partial charge < -0.3 is 10.3 Å². The van der Waals surface area contributed by atoms with E-state index >= 15 is 0 Å². The van der Waals surface area contributed by atoms with Gasteiger partial charge in [-0.3, -0.25) is 9.78 Å². The molecular weight excluding hydrogens is 274 g/mol. The molecule has 0 saturated carbocycles. The number of pyridine rings is 1. The highest BCUT2D eigenvalue weighted by molar-refractivity contribution is 6.06. The molecule has 4 heteroatoms. The molecule has 0 atom stereocenters. The second-order valence-corrected chi connectivity index (χ2v) is 5.23. The molecule has 1 amide bonds. The SMILES string of the molecule is CCc1cccc(CC)c1NC(=O)c1cc2ncccc2[nH]1. The Balaban J connectivity index is 1.94. The Labute approximate surface area is 129 Å². The number of carbonyl (C=O) groups is 1. The molecule has 0 unspecified atom stereocenters. The fraction of sp³-hybridized carbons (Fsp3) is 0.222. The lowest BCUT2D eigenvalue weighted by molar-refractivity contribution is 0.102. The first-order valence-corrected chi connectivity index (χ1v) is 7.58. The Bertz CT molecular complexity index is 765. The third-order valence-electron chi connectivity index (χ3n) is 3.87. The molecule has 0 saturated heterocycles. The molecule has 22 heavy (non-hydrogen) atoms. The first-order chi connectivity index (χ1) is 10.7. The highest BCUT2D eigenvalue weighted by atomic mass is 16.1. The summed E-state index contributed by atoms with van der Waals surface area (Å²) in [4.78, 5) is 19.9. The highest BCUT2D eigenvalue weighted by Gasteiger charge is 2.14. The number of benzene rings is 1. The van der Waals surface area contributed by atoms with Crippen molar-refractivity contribution in [1.82, 2.24) is 9.97 Å². The van der Waals surface area contributed by atoms with Gasteiger partial charge in [0.2, 0.25) is 0 Å². The predicted molar refractivity (Wildman–Crippen MR) is 89.2 cm³/mol. The molecule has 2 heterocycles. The molecule has 0 bridgehead atoms. The number of nitrogens with one attached hydrogen (secondary N) is 2. The molecule has 0 aliphatic heterocycles. The van der Waals surface area contributed by atoms with Gasteiger partial charge in [0.1, 0.15) is 5.69 Å². The van der Waals surface area contributed by atoms with E-state index in [4.69, 9.17) is 0 Å². The molecule has 1 aromatic carbocycles. The van der Waals surface area contributed by atoms with Crippen LogP contribution in [0.25, 0.3) is 11.0 Å². The van der Waals surface area contributed by atoms with E-state index in [1.165, 1.54) is 0 Å². The van der Waals surface area contributed by atoms with Crippen molar-refractivity contribution in [3.8, 4) is 0 Å². The number of fused-ring (bicyclic) bond motifs is 1. The Morgan fingerprint density at radius 3 is 2.50 bits per heavy atom. The zero-order valence-corrected chi connectivity index (χ0v) is 12.8. The van der Waals surface area contributed by atoms with Crippen molar-refractivity contribution in [3.63, 3.8) is 0 Å². The maximum atomic E-state index is 12.5. The number of anilines is 1. The molecule has 2 N–H and O–H groups in total. The van der Waals surface area contributed by atoms with Crippen LogP contribution >= 0.6 is 0 Å². The minimum Gasteiger partial charge on any atom is -0.349 e. The summed E-state index contributed by atoms with van der Waals surface area (Å²) < 4.78 is 0. The van der Waals surface area contributed by atoms with Gasteiger partial charge in [0, 0.05) is 11.9 Å². The van der Waals surface area contributed by atoms with Crippen molar-refractivity contribution in [2.24, 2.45) is 0 Å². The maximum Gasteiger partial charge on any atom is 0.272 e. The van der Waals surface area contributed by atoms with Gasteiger partial charge in [-0.25, -0.2) is 0 Å². The van der Waals surface area contributed by atoms with Crippen LogP contribution in [-0.4, -0.2) is 15.9 Å². The number of aromatic amines is 1. The largest absolute Gasteiger partial charge is 0.349 e. The summed E-state index contributed by atoms with van der Waals surface area (Å²) >= 11 is 0. The average molecular weight is 293 g/mol. The van der Waals surface area contributed by atoms with Crippen molar-refractivity contribution < 1.29 is 4.79 Å². The maximum absolute atomic E-state index is 12.5. The fourth-order valence-corrected chi connectivity index (χ4v) is 2.66. The zero-order chi connectivity index (χ0) is 15.5. The van der Waals surface area contributed by atoms with Crippen LogP contribution in [0.1, 0.15) is 35.5 Å². The van der Waals surface area contributed by atoms with Gasteiger partial charge in [-0.1, -0.05) is 32.0 Å². The number of amides is 1. The van der Waals surface area contributed by atoms with Gasteiger partial charge in [0.25, 0.3) is 5.91 Å². The van der Waals surface area contributed by atoms with Crippen LogP contribution in [0.15, 0.2) is 42.6 Å². The van der Waals surface area contributed by atoms with Crippen LogP contribution in [0, 0.1) is 0 Å². The van der Waals surface area contributed by atoms with E-state index in [1.54, 1.807) is 12.3 Å². The second-order valence-electron chi connectivity index (χ2n) is 5.23. The lowest BCUT2D eigenvalue weighted by Crippen LogP contribution is -2.15. The number of hydrogen-bond acceptors (Lipinski definition) is 2. The average Bonchev–Trinajstić information content (AvgIpc) is 2.99. The quantitative estimate of drug-likeness (QED) is 0.765. The van der Waals surface area contributed by atoms with E-state index in [-0.39, 0.29) is 5.91 Å².